The number of benzene rings is 1. The number of nitrogens with zero attached hydrogens (tertiary/aromatic N) is 2. The zero-order valence-electron chi connectivity index (χ0n) is 10.9. The van der Waals surface area contributed by atoms with Crippen molar-refractivity contribution >= 4 is 15.7 Å². The molecule has 0 aromatic heterocycles. The fourth-order valence-corrected chi connectivity index (χ4v) is 3.81. The number of sulfonamides is 1. The third-order valence-corrected chi connectivity index (χ3v) is 5.12. The largest absolute Gasteiger partial charge is 0.289 e. The Morgan fingerprint density at radius 3 is 2.55 bits per heavy atom. The second-order valence-electron chi connectivity index (χ2n) is 4.53. The van der Waals surface area contributed by atoms with Gasteiger partial charge in [-0.3, -0.25) is 10.1 Å². The van der Waals surface area contributed by atoms with E-state index in [1.54, 1.807) is 0 Å². The lowest BCUT2D eigenvalue weighted by atomic mass is 10.2. The predicted molar refractivity (Wildman–Crippen MR) is 74.8 cm³/mol. The van der Waals surface area contributed by atoms with Gasteiger partial charge in [0.1, 0.15) is 0 Å². The minimum Gasteiger partial charge on any atom is -0.258 e. The quantitative estimate of drug-likeness (QED) is 0.487. The molecular formula is C13H16N2O4S. The average molecular weight is 296 g/mol. The third-order valence-electron chi connectivity index (χ3n) is 3.17. The molecular weight excluding hydrogens is 280 g/mol. The monoisotopic (exact) mass is 296 g/mol. The van der Waals surface area contributed by atoms with Crippen LogP contribution in [0.3, 0.4) is 0 Å². The van der Waals surface area contributed by atoms with E-state index in [1.165, 1.54) is 28.6 Å². The molecule has 20 heavy (non-hydrogen) atoms. The second kappa shape index (κ2) is 6.15. The number of rotatable bonds is 3. The van der Waals surface area contributed by atoms with Crippen molar-refractivity contribution in [3.8, 4) is 0 Å². The molecule has 7 heteroatoms. The maximum absolute atomic E-state index is 12.6. The normalized spacial score (nSPS) is 19.0. The molecule has 0 saturated heterocycles. The van der Waals surface area contributed by atoms with Crippen molar-refractivity contribution in [1.82, 2.24) is 4.31 Å². The van der Waals surface area contributed by atoms with Crippen LogP contribution in [-0.4, -0.2) is 30.7 Å². The van der Waals surface area contributed by atoms with E-state index < -0.39 is 14.9 Å². The zero-order chi connectivity index (χ0) is 14.6. The van der Waals surface area contributed by atoms with E-state index in [2.05, 4.69) is 0 Å². The summed E-state index contributed by atoms with van der Waals surface area (Å²) in [5.41, 5.74) is -0.370. The van der Waals surface area contributed by atoms with Gasteiger partial charge in [0.15, 0.2) is 4.90 Å². The first-order chi connectivity index (χ1) is 9.53. The summed E-state index contributed by atoms with van der Waals surface area (Å²) >= 11 is 0. The van der Waals surface area contributed by atoms with Gasteiger partial charge in [-0.15, -0.1) is 0 Å². The fraction of sp³-hybridized carbons (Fsp3) is 0.385. The van der Waals surface area contributed by atoms with Crippen LogP contribution in [0.5, 0.6) is 0 Å². The van der Waals surface area contributed by atoms with Crippen molar-refractivity contribution in [2.24, 2.45) is 0 Å². The lowest BCUT2D eigenvalue weighted by molar-refractivity contribution is -0.387. The van der Waals surface area contributed by atoms with Crippen molar-refractivity contribution in [1.29, 1.82) is 0 Å². The van der Waals surface area contributed by atoms with Gasteiger partial charge in [0, 0.05) is 19.2 Å². The Hall–Kier alpha value is -1.73. The number of allylic oxidation sites excluding steroid dienone is 1. The summed E-state index contributed by atoms with van der Waals surface area (Å²) in [5, 5.41) is 11.0. The molecule has 0 amide bonds. The highest BCUT2D eigenvalue weighted by Gasteiger charge is 2.30. The van der Waals surface area contributed by atoms with Crippen molar-refractivity contribution < 1.29 is 13.3 Å². The lowest BCUT2D eigenvalue weighted by Gasteiger charge is -2.22. The molecule has 0 N–H and O–H groups in total. The van der Waals surface area contributed by atoms with Crippen LogP contribution in [0.4, 0.5) is 5.69 Å². The average Bonchev–Trinajstić information content (AvgIpc) is 2.37. The molecule has 1 heterocycles. The van der Waals surface area contributed by atoms with Crippen LogP contribution >= 0.6 is 0 Å². The van der Waals surface area contributed by atoms with Crippen LogP contribution < -0.4 is 0 Å². The van der Waals surface area contributed by atoms with E-state index in [9.17, 15) is 18.5 Å². The Kier molecular flexibility index (Phi) is 4.51. The molecule has 108 valence electrons. The molecule has 0 bridgehead atoms. The molecule has 2 rings (SSSR count). The molecule has 1 aliphatic rings. The molecule has 1 aromatic rings. The van der Waals surface area contributed by atoms with Crippen LogP contribution in [0.25, 0.3) is 0 Å². The molecule has 0 spiro atoms. The first-order valence-electron chi connectivity index (χ1n) is 6.42. The summed E-state index contributed by atoms with van der Waals surface area (Å²) in [6.07, 6.45) is 6.15. The van der Waals surface area contributed by atoms with Crippen LogP contribution in [0.2, 0.25) is 0 Å². The highest BCUT2D eigenvalue weighted by molar-refractivity contribution is 7.89. The Balaban J connectivity index is 2.39. The number of nitro benzene ring substituents is 1. The van der Waals surface area contributed by atoms with Gasteiger partial charge in [-0.1, -0.05) is 24.3 Å². The first-order valence-corrected chi connectivity index (χ1v) is 7.86. The van der Waals surface area contributed by atoms with Gasteiger partial charge < -0.3 is 0 Å². The van der Waals surface area contributed by atoms with Crippen LogP contribution in [-0.2, 0) is 10.0 Å². The SMILES string of the molecule is O=[N+]([O-])c1ccccc1S(=O)(=O)N1CC/C=C\CCC1. The maximum Gasteiger partial charge on any atom is 0.289 e. The summed E-state index contributed by atoms with van der Waals surface area (Å²) < 4.78 is 26.5. The van der Waals surface area contributed by atoms with E-state index in [0.717, 1.165) is 12.8 Å². The number of nitro groups is 1. The Morgan fingerprint density at radius 1 is 1.10 bits per heavy atom. The van der Waals surface area contributed by atoms with Crippen LogP contribution in [0, 0.1) is 10.1 Å². The molecule has 0 fully saturated rings. The van der Waals surface area contributed by atoms with E-state index >= 15 is 0 Å². The molecule has 0 saturated carbocycles. The Bertz CT molecular complexity index is 625. The van der Waals surface area contributed by atoms with E-state index in [-0.39, 0.29) is 10.6 Å². The molecule has 6 nitrogen and oxygen atoms in total. The zero-order valence-corrected chi connectivity index (χ0v) is 11.8. The molecule has 0 atom stereocenters. The van der Waals surface area contributed by atoms with E-state index in [1.807, 2.05) is 12.2 Å². The Labute approximate surface area is 117 Å². The highest BCUT2D eigenvalue weighted by atomic mass is 32.2. The fourth-order valence-electron chi connectivity index (χ4n) is 2.16. The number of hydrogen-bond acceptors (Lipinski definition) is 4. The van der Waals surface area contributed by atoms with E-state index in [0.29, 0.717) is 19.5 Å². The predicted octanol–water partition coefficient (Wildman–Crippen LogP) is 2.33. The molecule has 1 aromatic carbocycles. The van der Waals surface area contributed by atoms with Crippen molar-refractivity contribution in [2.75, 3.05) is 13.1 Å². The minimum atomic E-state index is -3.82. The summed E-state index contributed by atoms with van der Waals surface area (Å²) in [4.78, 5) is 10.1. The number of hydrogen-bond donors (Lipinski definition) is 0. The summed E-state index contributed by atoms with van der Waals surface area (Å²) in [6.45, 7) is 0.740. The van der Waals surface area contributed by atoms with Gasteiger partial charge in [-0.2, -0.15) is 4.31 Å². The molecule has 0 unspecified atom stereocenters. The van der Waals surface area contributed by atoms with Crippen LogP contribution in [0.15, 0.2) is 41.3 Å². The summed E-state index contributed by atoms with van der Waals surface area (Å²) in [5.74, 6) is 0. The van der Waals surface area contributed by atoms with Gasteiger partial charge in [-0.05, 0) is 25.3 Å². The number of para-hydroxylation sites is 1. The smallest absolute Gasteiger partial charge is 0.258 e. The van der Waals surface area contributed by atoms with Gasteiger partial charge >= 0.3 is 0 Å². The maximum atomic E-state index is 12.6. The van der Waals surface area contributed by atoms with Crippen molar-refractivity contribution in [3.63, 3.8) is 0 Å². The standard InChI is InChI=1S/C13H16N2O4S/c16-15(17)12-8-4-5-9-13(12)20(18,19)14-10-6-2-1-3-7-11-14/h1-2,4-5,8-9H,3,6-7,10-11H2/b2-1-. The highest BCUT2D eigenvalue weighted by Crippen LogP contribution is 2.27. The molecule has 0 aliphatic carbocycles. The first kappa shape index (κ1) is 14.7. The van der Waals surface area contributed by atoms with Gasteiger partial charge in [0.05, 0.1) is 4.92 Å². The van der Waals surface area contributed by atoms with Crippen LogP contribution in [0.1, 0.15) is 19.3 Å². The summed E-state index contributed by atoms with van der Waals surface area (Å²) in [6, 6.07) is 5.48. The third kappa shape index (κ3) is 3.05. The van der Waals surface area contributed by atoms with Crippen molar-refractivity contribution in [2.45, 2.75) is 24.2 Å². The topological polar surface area (TPSA) is 80.5 Å². The van der Waals surface area contributed by atoms with Gasteiger partial charge in [0.2, 0.25) is 10.0 Å². The van der Waals surface area contributed by atoms with Gasteiger partial charge in [0.25, 0.3) is 5.69 Å². The molecule has 1 aliphatic heterocycles. The second-order valence-corrected chi connectivity index (χ2v) is 6.44. The van der Waals surface area contributed by atoms with Crippen molar-refractivity contribution in [3.05, 3.63) is 46.5 Å². The minimum absolute atomic E-state index is 0.227. The Morgan fingerprint density at radius 2 is 1.80 bits per heavy atom. The van der Waals surface area contributed by atoms with Gasteiger partial charge in [-0.25, -0.2) is 8.42 Å². The molecule has 0 radical (unpaired) electrons. The lowest BCUT2D eigenvalue weighted by Crippen LogP contribution is -2.33. The van der Waals surface area contributed by atoms with E-state index in [4.69, 9.17) is 0 Å². The summed E-state index contributed by atoms with van der Waals surface area (Å²) in [7, 11) is -3.82.